The lowest BCUT2D eigenvalue weighted by molar-refractivity contribution is 0.344. The molecule has 2 aromatic carbocycles. The van der Waals surface area contributed by atoms with E-state index in [9.17, 15) is 0 Å². The molecule has 0 unspecified atom stereocenters. The Morgan fingerprint density at radius 2 is 1.65 bits per heavy atom. The number of aryl methyl sites for hydroxylation is 4. The SMILES string of the molecule is CCOc1cc(C)c(C)c2c(C)cc(C)cc12. The van der Waals surface area contributed by atoms with E-state index in [4.69, 9.17) is 4.74 Å². The lowest BCUT2D eigenvalue weighted by atomic mass is 9.94. The molecule has 0 aliphatic rings. The van der Waals surface area contributed by atoms with Crippen molar-refractivity contribution in [1.82, 2.24) is 0 Å². The van der Waals surface area contributed by atoms with E-state index < -0.39 is 0 Å². The fraction of sp³-hybridized carbons (Fsp3) is 0.375. The van der Waals surface area contributed by atoms with E-state index in [1.165, 1.54) is 33.0 Å². The highest BCUT2D eigenvalue weighted by molar-refractivity contribution is 5.94. The molecule has 0 saturated heterocycles. The normalized spacial score (nSPS) is 10.9. The Balaban J connectivity index is 2.88. The molecule has 0 bridgehead atoms. The summed E-state index contributed by atoms with van der Waals surface area (Å²) < 4.78 is 5.76. The highest BCUT2D eigenvalue weighted by Crippen LogP contribution is 2.34. The molecule has 2 aromatic rings. The van der Waals surface area contributed by atoms with Gasteiger partial charge in [-0.25, -0.2) is 0 Å². The van der Waals surface area contributed by atoms with Crippen LogP contribution in [0, 0.1) is 27.7 Å². The summed E-state index contributed by atoms with van der Waals surface area (Å²) in [6.07, 6.45) is 0. The zero-order valence-electron chi connectivity index (χ0n) is 11.3. The van der Waals surface area contributed by atoms with E-state index in [1.54, 1.807) is 0 Å². The number of ether oxygens (including phenoxy) is 1. The predicted molar refractivity (Wildman–Crippen MR) is 74.1 cm³/mol. The number of hydrogen-bond donors (Lipinski definition) is 0. The maximum atomic E-state index is 5.76. The molecule has 1 heteroatoms. The molecule has 0 N–H and O–H groups in total. The maximum Gasteiger partial charge on any atom is 0.127 e. The second kappa shape index (κ2) is 4.40. The first-order valence-electron chi connectivity index (χ1n) is 6.18. The minimum absolute atomic E-state index is 0.713. The standard InChI is InChI=1S/C16H20O/c1-6-17-15-9-11(3)13(5)16-12(4)7-10(2)8-14(15)16/h7-9H,6H2,1-5H3. The first-order chi connectivity index (χ1) is 8.04. The Morgan fingerprint density at radius 3 is 2.29 bits per heavy atom. The first kappa shape index (κ1) is 12.0. The van der Waals surface area contributed by atoms with E-state index in [0.717, 1.165) is 5.75 Å². The van der Waals surface area contributed by atoms with Gasteiger partial charge in [0.15, 0.2) is 0 Å². The zero-order chi connectivity index (χ0) is 12.6. The van der Waals surface area contributed by atoms with Gasteiger partial charge in [0.1, 0.15) is 5.75 Å². The Hall–Kier alpha value is -1.50. The molecule has 0 saturated carbocycles. The van der Waals surface area contributed by atoms with Gasteiger partial charge in [0, 0.05) is 5.39 Å². The molecule has 0 aromatic heterocycles. The quantitative estimate of drug-likeness (QED) is 0.736. The van der Waals surface area contributed by atoms with Gasteiger partial charge in [-0.3, -0.25) is 0 Å². The number of benzene rings is 2. The Morgan fingerprint density at radius 1 is 0.941 bits per heavy atom. The molecule has 0 spiro atoms. The van der Waals surface area contributed by atoms with Crippen molar-refractivity contribution in [2.75, 3.05) is 6.61 Å². The van der Waals surface area contributed by atoms with Gasteiger partial charge in [0.2, 0.25) is 0 Å². The van der Waals surface area contributed by atoms with E-state index in [0.29, 0.717) is 6.61 Å². The predicted octanol–water partition coefficient (Wildman–Crippen LogP) is 4.47. The van der Waals surface area contributed by atoms with Crippen molar-refractivity contribution in [1.29, 1.82) is 0 Å². The Labute approximate surface area is 103 Å². The third-order valence-corrected chi connectivity index (χ3v) is 3.36. The van der Waals surface area contributed by atoms with Crippen LogP contribution in [0.15, 0.2) is 18.2 Å². The van der Waals surface area contributed by atoms with Gasteiger partial charge in [0.25, 0.3) is 0 Å². The third-order valence-electron chi connectivity index (χ3n) is 3.36. The van der Waals surface area contributed by atoms with Gasteiger partial charge in [-0.05, 0) is 68.8 Å². The van der Waals surface area contributed by atoms with E-state index in [1.807, 2.05) is 6.92 Å². The molecule has 1 nitrogen and oxygen atoms in total. The van der Waals surface area contributed by atoms with Crippen molar-refractivity contribution in [3.8, 4) is 5.75 Å². The van der Waals surface area contributed by atoms with Crippen LogP contribution in [0.3, 0.4) is 0 Å². The Kier molecular flexibility index (Phi) is 3.10. The van der Waals surface area contributed by atoms with Crippen LogP contribution in [-0.2, 0) is 0 Å². The molecule has 0 radical (unpaired) electrons. The van der Waals surface area contributed by atoms with Crippen LogP contribution >= 0.6 is 0 Å². The van der Waals surface area contributed by atoms with Gasteiger partial charge >= 0.3 is 0 Å². The van der Waals surface area contributed by atoms with E-state index >= 15 is 0 Å². The molecule has 2 rings (SSSR count). The molecule has 0 atom stereocenters. The lowest BCUT2D eigenvalue weighted by Gasteiger charge is -2.15. The molecular formula is C16H20O. The Bertz CT molecular complexity index is 567. The summed E-state index contributed by atoms with van der Waals surface area (Å²) in [4.78, 5) is 0. The molecular weight excluding hydrogens is 208 g/mol. The van der Waals surface area contributed by atoms with Gasteiger partial charge in [-0.15, -0.1) is 0 Å². The summed E-state index contributed by atoms with van der Waals surface area (Å²) in [5.74, 6) is 1.01. The fourth-order valence-electron chi connectivity index (χ4n) is 2.51. The highest BCUT2D eigenvalue weighted by atomic mass is 16.5. The van der Waals surface area contributed by atoms with Crippen LogP contribution < -0.4 is 4.74 Å². The van der Waals surface area contributed by atoms with Gasteiger partial charge < -0.3 is 4.74 Å². The van der Waals surface area contributed by atoms with Crippen molar-refractivity contribution >= 4 is 10.8 Å². The molecule has 0 amide bonds. The van der Waals surface area contributed by atoms with Crippen LogP contribution in [0.4, 0.5) is 0 Å². The monoisotopic (exact) mass is 228 g/mol. The van der Waals surface area contributed by atoms with Crippen LogP contribution in [0.5, 0.6) is 5.75 Å². The van der Waals surface area contributed by atoms with Gasteiger partial charge in [0.05, 0.1) is 6.61 Å². The second-order valence-corrected chi connectivity index (χ2v) is 4.75. The number of rotatable bonds is 2. The number of fused-ring (bicyclic) bond motifs is 1. The summed E-state index contributed by atoms with van der Waals surface area (Å²) >= 11 is 0. The highest BCUT2D eigenvalue weighted by Gasteiger charge is 2.10. The van der Waals surface area contributed by atoms with E-state index in [-0.39, 0.29) is 0 Å². The van der Waals surface area contributed by atoms with Gasteiger partial charge in [-0.1, -0.05) is 11.6 Å². The summed E-state index contributed by atoms with van der Waals surface area (Å²) in [5, 5.41) is 2.59. The minimum Gasteiger partial charge on any atom is -0.493 e. The number of hydrogen-bond acceptors (Lipinski definition) is 1. The van der Waals surface area contributed by atoms with Crippen molar-refractivity contribution in [2.45, 2.75) is 34.6 Å². The molecule has 0 heterocycles. The van der Waals surface area contributed by atoms with Crippen LogP contribution in [-0.4, -0.2) is 6.61 Å². The third kappa shape index (κ3) is 2.02. The average Bonchev–Trinajstić information content (AvgIpc) is 2.25. The smallest absolute Gasteiger partial charge is 0.127 e. The largest absolute Gasteiger partial charge is 0.493 e. The van der Waals surface area contributed by atoms with Crippen molar-refractivity contribution in [2.24, 2.45) is 0 Å². The van der Waals surface area contributed by atoms with Crippen molar-refractivity contribution in [3.63, 3.8) is 0 Å². The average molecular weight is 228 g/mol. The van der Waals surface area contributed by atoms with Crippen LogP contribution in [0.1, 0.15) is 29.2 Å². The molecule has 17 heavy (non-hydrogen) atoms. The minimum atomic E-state index is 0.713. The summed E-state index contributed by atoms with van der Waals surface area (Å²) in [6, 6.07) is 6.62. The van der Waals surface area contributed by atoms with Crippen LogP contribution in [0.2, 0.25) is 0 Å². The summed E-state index contributed by atoms with van der Waals surface area (Å²) in [6.45, 7) is 11.4. The van der Waals surface area contributed by atoms with Crippen LogP contribution in [0.25, 0.3) is 10.8 Å². The molecule has 0 aliphatic carbocycles. The van der Waals surface area contributed by atoms with E-state index in [2.05, 4.69) is 45.9 Å². The summed E-state index contributed by atoms with van der Waals surface area (Å²) in [5.41, 5.74) is 5.29. The zero-order valence-corrected chi connectivity index (χ0v) is 11.3. The summed E-state index contributed by atoms with van der Waals surface area (Å²) in [7, 11) is 0. The fourth-order valence-corrected chi connectivity index (χ4v) is 2.51. The lowest BCUT2D eigenvalue weighted by Crippen LogP contribution is -1.97. The molecule has 0 fully saturated rings. The van der Waals surface area contributed by atoms with Crippen molar-refractivity contribution < 1.29 is 4.74 Å². The second-order valence-electron chi connectivity index (χ2n) is 4.75. The molecule has 90 valence electrons. The molecule has 0 aliphatic heterocycles. The first-order valence-corrected chi connectivity index (χ1v) is 6.18. The van der Waals surface area contributed by atoms with Crippen molar-refractivity contribution in [3.05, 3.63) is 40.5 Å². The van der Waals surface area contributed by atoms with Gasteiger partial charge in [-0.2, -0.15) is 0 Å². The topological polar surface area (TPSA) is 9.23 Å². The maximum absolute atomic E-state index is 5.76.